The van der Waals surface area contributed by atoms with Crippen molar-refractivity contribution in [3.63, 3.8) is 0 Å². The van der Waals surface area contributed by atoms with Gasteiger partial charge in [-0.15, -0.1) is 0 Å². The Morgan fingerprint density at radius 2 is 1.92 bits per heavy atom. The molecule has 1 aliphatic rings. The molecule has 2 aromatic rings. The van der Waals surface area contributed by atoms with Crippen LogP contribution < -0.4 is 10.1 Å². The maximum absolute atomic E-state index is 5.77. The highest BCUT2D eigenvalue weighted by atomic mass is 16.5. The summed E-state index contributed by atoms with van der Waals surface area (Å²) in [7, 11) is 0. The minimum Gasteiger partial charge on any atom is -0.493 e. The molecule has 1 saturated heterocycles. The van der Waals surface area contributed by atoms with Crippen molar-refractivity contribution < 1.29 is 4.74 Å². The minimum absolute atomic E-state index is 0.401. The monoisotopic (exact) mass is 325 g/mol. The Hall–Kier alpha value is -1.91. The van der Waals surface area contributed by atoms with Gasteiger partial charge in [0.05, 0.1) is 6.61 Å². The van der Waals surface area contributed by atoms with Gasteiger partial charge in [0.1, 0.15) is 5.75 Å². The van der Waals surface area contributed by atoms with Crippen LogP contribution in [0.25, 0.3) is 0 Å². The largest absolute Gasteiger partial charge is 0.493 e. The van der Waals surface area contributed by atoms with Gasteiger partial charge in [-0.3, -0.25) is 9.88 Å². The van der Waals surface area contributed by atoms with Crippen LogP contribution in [0.1, 0.15) is 31.0 Å². The van der Waals surface area contributed by atoms with E-state index < -0.39 is 0 Å². The molecule has 1 aliphatic heterocycles. The number of rotatable bonds is 6. The summed E-state index contributed by atoms with van der Waals surface area (Å²) in [6.45, 7) is 9.13. The Balaban J connectivity index is 1.65. The Labute approximate surface area is 144 Å². The SMILES string of the molecule is CC(C)COc1ccc(CN2CCNCC2c2ccncc2)cc1. The molecule has 1 fully saturated rings. The van der Waals surface area contributed by atoms with E-state index in [-0.39, 0.29) is 0 Å². The van der Waals surface area contributed by atoms with E-state index >= 15 is 0 Å². The minimum atomic E-state index is 0.401. The summed E-state index contributed by atoms with van der Waals surface area (Å²) in [5.74, 6) is 1.50. The third-order valence-corrected chi connectivity index (χ3v) is 4.34. The fourth-order valence-corrected chi connectivity index (χ4v) is 3.04. The van der Waals surface area contributed by atoms with E-state index in [9.17, 15) is 0 Å². The van der Waals surface area contributed by atoms with Crippen LogP contribution >= 0.6 is 0 Å². The first kappa shape index (κ1) is 16.9. The first-order chi connectivity index (χ1) is 11.7. The third-order valence-electron chi connectivity index (χ3n) is 4.34. The standard InChI is InChI=1S/C20H27N3O/c1-16(2)15-24-19-5-3-17(4-6-19)14-23-12-11-22-13-20(23)18-7-9-21-10-8-18/h3-10,16,20,22H,11-15H2,1-2H3. The quantitative estimate of drug-likeness (QED) is 0.884. The zero-order valence-corrected chi connectivity index (χ0v) is 14.6. The van der Waals surface area contributed by atoms with Crippen molar-refractivity contribution in [3.05, 3.63) is 59.9 Å². The fourth-order valence-electron chi connectivity index (χ4n) is 3.04. The van der Waals surface area contributed by atoms with E-state index in [1.165, 1.54) is 11.1 Å². The van der Waals surface area contributed by atoms with E-state index in [1.807, 2.05) is 12.4 Å². The topological polar surface area (TPSA) is 37.4 Å². The van der Waals surface area contributed by atoms with Gasteiger partial charge in [0, 0.05) is 44.6 Å². The zero-order chi connectivity index (χ0) is 16.8. The number of hydrogen-bond donors (Lipinski definition) is 1. The van der Waals surface area contributed by atoms with Gasteiger partial charge in [0.25, 0.3) is 0 Å². The van der Waals surface area contributed by atoms with Crippen LogP contribution in [0.3, 0.4) is 0 Å². The van der Waals surface area contributed by atoms with Crippen molar-refractivity contribution in [2.45, 2.75) is 26.4 Å². The molecule has 4 nitrogen and oxygen atoms in total. The molecule has 1 aromatic heterocycles. The third kappa shape index (κ3) is 4.56. The summed E-state index contributed by atoms with van der Waals surface area (Å²) in [5.41, 5.74) is 2.65. The summed E-state index contributed by atoms with van der Waals surface area (Å²) >= 11 is 0. The van der Waals surface area contributed by atoms with Gasteiger partial charge in [0.15, 0.2) is 0 Å². The highest BCUT2D eigenvalue weighted by molar-refractivity contribution is 5.27. The van der Waals surface area contributed by atoms with E-state index in [2.05, 4.69) is 65.4 Å². The number of hydrogen-bond acceptors (Lipinski definition) is 4. The average molecular weight is 325 g/mol. The smallest absolute Gasteiger partial charge is 0.119 e. The Bertz CT molecular complexity index is 613. The molecular weight excluding hydrogens is 298 g/mol. The Morgan fingerprint density at radius 3 is 2.62 bits per heavy atom. The van der Waals surface area contributed by atoms with Crippen LogP contribution in [0, 0.1) is 5.92 Å². The van der Waals surface area contributed by atoms with Crippen molar-refractivity contribution >= 4 is 0 Å². The van der Waals surface area contributed by atoms with Gasteiger partial charge in [-0.1, -0.05) is 26.0 Å². The molecule has 3 rings (SSSR count). The molecule has 0 radical (unpaired) electrons. The van der Waals surface area contributed by atoms with Gasteiger partial charge in [0.2, 0.25) is 0 Å². The lowest BCUT2D eigenvalue weighted by Gasteiger charge is -2.36. The van der Waals surface area contributed by atoms with Crippen molar-refractivity contribution in [1.29, 1.82) is 0 Å². The molecular formula is C20H27N3O. The van der Waals surface area contributed by atoms with E-state index in [1.54, 1.807) is 0 Å². The predicted octanol–water partition coefficient (Wildman–Crippen LogP) is 3.26. The molecule has 1 aromatic carbocycles. The molecule has 4 heteroatoms. The van der Waals surface area contributed by atoms with Crippen LogP contribution in [0.15, 0.2) is 48.8 Å². The Kier molecular flexibility index (Phi) is 5.83. The second kappa shape index (κ2) is 8.27. The predicted molar refractivity (Wildman–Crippen MR) is 97.0 cm³/mol. The molecule has 128 valence electrons. The first-order valence-corrected chi connectivity index (χ1v) is 8.79. The van der Waals surface area contributed by atoms with Crippen molar-refractivity contribution in [2.75, 3.05) is 26.2 Å². The maximum atomic E-state index is 5.77. The zero-order valence-electron chi connectivity index (χ0n) is 14.6. The number of pyridine rings is 1. The molecule has 0 amide bonds. The summed E-state index contributed by atoms with van der Waals surface area (Å²) in [5, 5.41) is 3.50. The summed E-state index contributed by atoms with van der Waals surface area (Å²) in [6, 6.07) is 13.2. The van der Waals surface area contributed by atoms with Gasteiger partial charge >= 0.3 is 0 Å². The molecule has 1 unspecified atom stereocenters. The molecule has 1 atom stereocenters. The molecule has 0 saturated carbocycles. The number of piperazine rings is 1. The van der Waals surface area contributed by atoms with Crippen LogP contribution in [0.4, 0.5) is 0 Å². The lowest BCUT2D eigenvalue weighted by atomic mass is 10.0. The highest BCUT2D eigenvalue weighted by Crippen LogP contribution is 2.24. The summed E-state index contributed by atoms with van der Waals surface area (Å²) < 4.78 is 5.77. The number of nitrogens with one attached hydrogen (secondary N) is 1. The fraction of sp³-hybridized carbons (Fsp3) is 0.450. The highest BCUT2D eigenvalue weighted by Gasteiger charge is 2.23. The lowest BCUT2D eigenvalue weighted by Crippen LogP contribution is -2.45. The Morgan fingerprint density at radius 1 is 1.17 bits per heavy atom. The second-order valence-electron chi connectivity index (χ2n) is 6.82. The van der Waals surface area contributed by atoms with Crippen LogP contribution in [0.2, 0.25) is 0 Å². The molecule has 2 heterocycles. The van der Waals surface area contributed by atoms with Crippen molar-refractivity contribution in [2.24, 2.45) is 5.92 Å². The molecule has 0 bridgehead atoms. The maximum Gasteiger partial charge on any atom is 0.119 e. The number of nitrogens with zero attached hydrogens (tertiary/aromatic N) is 2. The molecule has 24 heavy (non-hydrogen) atoms. The first-order valence-electron chi connectivity index (χ1n) is 8.79. The number of ether oxygens (including phenoxy) is 1. The van der Waals surface area contributed by atoms with E-state index in [0.717, 1.165) is 38.5 Å². The second-order valence-corrected chi connectivity index (χ2v) is 6.82. The van der Waals surface area contributed by atoms with Crippen LogP contribution in [-0.4, -0.2) is 36.1 Å². The summed E-state index contributed by atoms with van der Waals surface area (Å²) in [4.78, 5) is 6.67. The molecule has 0 aliphatic carbocycles. The van der Waals surface area contributed by atoms with E-state index in [4.69, 9.17) is 4.74 Å². The van der Waals surface area contributed by atoms with Gasteiger partial charge < -0.3 is 10.1 Å². The average Bonchev–Trinajstić information content (AvgIpc) is 2.62. The van der Waals surface area contributed by atoms with Crippen molar-refractivity contribution in [1.82, 2.24) is 15.2 Å². The van der Waals surface area contributed by atoms with Gasteiger partial charge in [-0.05, 0) is 41.3 Å². The molecule has 1 N–H and O–H groups in total. The van der Waals surface area contributed by atoms with Gasteiger partial charge in [-0.25, -0.2) is 0 Å². The van der Waals surface area contributed by atoms with Crippen LogP contribution in [-0.2, 0) is 6.54 Å². The molecule has 0 spiro atoms. The normalized spacial score (nSPS) is 18.7. The number of benzene rings is 1. The van der Waals surface area contributed by atoms with Crippen molar-refractivity contribution in [3.8, 4) is 5.75 Å². The van der Waals surface area contributed by atoms with Gasteiger partial charge in [-0.2, -0.15) is 0 Å². The number of aromatic nitrogens is 1. The summed E-state index contributed by atoms with van der Waals surface area (Å²) in [6.07, 6.45) is 3.76. The van der Waals surface area contributed by atoms with E-state index in [0.29, 0.717) is 12.0 Å². The van der Waals surface area contributed by atoms with Crippen LogP contribution in [0.5, 0.6) is 5.75 Å². The lowest BCUT2D eigenvalue weighted by molar-refractivity contribution is 0.153.